The van der Waals surface area contributed by atoms with Gasteiger partial charge in [0.05, 0.1) is 39.9 Å². The second-order valence-corrected chi connectivity index (χ2v) is 20.7. The summed E-state index contributed by atoms with van der Waals surface area (Å²) < 4.78 is 23.6. The number of amides is 1. The zero-order chi connectivity index (χ0) is 49.9. The zero-order valence-electron chi connectivity index (χ0n) is 44.3. The van der Waals surface area contributed by atoms with E-state index >= 15 is 0 Å². The molecule has 0 radical (unpaired) electrons. The number of allylic oxidation sites excluding steroid dienone is 17. The first kappa shape index (κ1) is 65.2. The summed E-state index contributed by atoms with van der Waals surface area (Å²) in [4.78, 5) is 23.3. The van der Waals surface area contributed by atoms with E-state index in [1.54, 1.807) is 6.08 Å². The number of likely N-dealkylation sites (N-methyl/N-ethyl adjacent to an activating group) is 1. The fraction of sp³-hybridized carbons (Fsp3) is 0.678. The Hall–Kier alpha value is -2.84. The van der Waals surface area contributed by atoms with Crippen molar-refractivity contribution in [1.82, 2.24) is 5.32 Å². The van der Waals surface area contributed by atoms with Gasteiger partial charge in [0.25, 0.3) is 0 Å². The Balaban J connectivity index is 4.33. The molecule has 3 unspecified atom stereocenters. The molecule has 1 amide bonds. The number of hydrogen-bond acceptors (Lipinski definition) is 5. The molecule has 9 heteroatoms. The van der Waals surface area contributed by atoms with Crippen LogP contribution in [-0.2, 0) is 18.4 Å². The molecule has 390 valence electrons. The lowest BCUT2D eigenvalue weighted by molar-refractivity contribution is -0.870. The molecule has 3 atom stereocenters. The predicted octanol–water partition coefficient (Wildman–Crippen LogP) is 16.4. The summed E-state index contributed by atoms with van der Waals surface area (Å²) in [7, 11) is 1.53. The third-order valence-corrected chi connectivity index (χ3v) is 12.5. The number of quaternary nitrogens is 1. The fourth-order valence-electron chi connectivity index (χ4n) is 7.21. The second-order valence-electron chi connectivity index (χ2n) is 19.2. The monoisotopic (exact) mass is 968 g/mol. The Morgan fingerprint density at radius 1 is 0.515 bits per heavy atom. The molecule has 0 saturated carbocycles. The van der Waals surface area contributed by atoms with Crippen LogP contribution in [0.5, 0.6) is 0 Å². The van der Waals surface area contributed by atoms with E-state index in [4.69, 9.17) is 9.05 Å². The van der Waals surface area contributed by atoms with Crippen molar-refractivity contribution >= 4 is 13.7 Å². The average molecular weight is 968 g/mol. The Morgan fingerprint density at radius 2 is 0.897 bits per heavy atom. The first-order chi connectivity index (χ1) is 33.0. The standard InChI is InChI=1S/C59H103N2O6P/c1-6-8-10-12-14-16-18-20-22-24-25-26-27-28-29-30-31-32-33-34-35-37-39-41-43-45-47-49-51-53-59(63)60-57(56-67-68(64,65)66-55-54-61(3,4)5)58(62)52-50-48-46-44-42-40-38-36-23-21-19-17-15-13-11-9-7-2/h8,10,14,16,20,22,25-26,28-29,31-32,34-35,42,44,50,52,57-58,62H,6-7,9,11-13,15,17-19,21,23-24,27,30,33,36-41,43,45-49,51,53-56H2,1-5H3,(H-,60,63,64,65)/p+1/b10-8-,16-14-,22-20-,26-25-,29-28-,32-31-,35-34-,44-42+,52-50+. The number of phosphoric ester groups is 1. The van der Waals surface area contributed by atoms with Crippen LogP contribution in [0.2, 0.25) is 0 Å². The molecule has 0 fully saturated rings. The largest absolute Gasteiger partial charge is 0.472 e. The predicted molar refractivity (Wildman–Crippen MR) is 295 cm³/mol. The maximum atomic E-state index is 13.0. The zero-order valence-corrected chi connectivity index (χ0v) is 45.2. The highest BCUT2D eigenvalue weighted by Crippen LogP contribution is 2.43. The molecule has 0 spiro atoms. The molecular weight excluding hydrogens is 864 g/mol. The van der Waals surface area contributed by atoms with E-state index in [9.17, 15) is 19.4 Å². The molecule has 0 aliphatic rings. The smallest absolute Gasteiger partial charge is 0.387 e. The van der Waals surface area contributed by atoms with E-state index in [-0.39, 0.29) is 19.1 Å². The molecule has 0 aromatic rings. The van der Waals surface area contributed by atoms with Gasteiger partial charge in [-0.15, -0.1) is 0 Å². The summed E-state index contributed by atoms with van der Waals surface area (Å²) in [6.07, 6.45) is 71.8. The Kier molecular flexibility index (Phi) is 47.1. The molecule has 0 aromatic heterocycles. The highest BCUT2D eigenvalue weighted by molar-refractivity contribution is 7.47. The summed E-state index contributed by atoms with van der Waals surface area (Å²) in [6.45, 7) is 4.66. The lowest BCUT2D eigenvalue weighted by Gasteiger charge is -2.25. The Morgan fingerprint density at radius 3 is 1.35 bits per heavy atom. The number of aliphatic hydroxyl groups excluding tert-OH is 1. The Bertz CT molecular complexity index is 1470. The summed E-state index contributed by atoms with van der Waals surface area (Å²) in [5, 5.41) is 13.9. The molecule has 0 saturated heterocycles. The third-order valence-electron chi connectivity index (χ3n) is 11.5. The van der Waals surface area contributed by atoms with Gasteiger partial charge in [-0.3, -0.25) is 13.8 Å². The summed E-state index contributed by atoms with van der Waals surface area (Å²) in [6, 6.07) is -0.877. The van der Waals surface area contributed by atoms with Crippen molar-refractivity contribution in [2.45, 2.75) is 219 Å². The lowest BCUT2D eigenvalue weighted by atomic mass is 10.1. The molecule has 3 N–H and O–H groups in total. The van der Waals surface area contributed by atoms with E-state index < -0.39 is 20.0 Å². The number of hydrogen-bond donors (Lipinski definition) is 3. The molecule has 0 aromatic carbocycles. The van der Waals surface area contributed by atoms with Gasteiger partial charge >= 0.3 is 7.82 Å². The van der Waals surface area contributed by atoms with Crippen molar-refractivity contribution in [3.05, 3.63) is 109 Å². The molecule has 0 heterocycles. The van der Waals surface area contributed by atoms with Crippen molar-refractivity contribution in [1.29, 1.82) is 0 Å². The van der Waals surface area contributed by atoms with E-state index in [0.29, 0.717) is 17.4 Å². The minimum Gasteiger partial charge on any atom is -0.387 e. The number of carbonyl (C=O) groups is 1. The van der Waals surface area contributed by atoms with E-state index in [2.05, 4.69) is 116 Å². The van der Waals surface area contributed by atoms with Crippen molar-refractivity contribution in [3.8, 4) is 0 Å². The van der Waals surface area contributed by atoms with Gasteiger partial charge in [-0.1, -0.05) is 220 Å². The molecular formula is C59H104N2O6P+. The third kappa shape index (κ3) is 51.0. The minimum atomic E-state index is -4.36. The van der Waals surface area contributed by atoms with Gasteiger partial charge < -0.3 is 19.8 Å². The van der Waals surface area contributed by atoms with Crippen LogP contribution in [0.1, 0.15) is 206 Å². The molecule has 68 heavy (non-hydrogen) atoms. The molecule has 0 aliphatic carbocycles. The maximum absolute atomic E-state index is 13.0. The van der Waals surface area contributed by atoms with Gasteiger partial charge in [-0.05, 0) is 89.9 Å². The lowest BCUT2D eigenvalue weighted by Crippen LogP contribution is -2.45. The molecule has 0 rings (SSSR count). The van der Waals surface area contributed by atoms with E-state index in [1.165, 1.54) is 89.9 Å². The maximum Gasteiger partial charge on any atom is 0.472 e. The van der Waals surface area contributed by atoms with E-state index in [1.807, 2.05) is 27.2 Å². The average Bonchev–Trinajstić information content (AvgIpc) is 3.30. The second kappa shape index (κ2) is 49.2. The van der Waals surface area contributed by atoms with Crippen molar-refractivity contribution < 1.29 is 32.9 Å². The van der Waals surface area contributed by atoms with Crippen molar-refractivity contribution in [2.75, 3.05) is 40.9 Å². The number of unbranched alkanes of at least 4 members (excludes halogenated alkanes) is 19. The number of nitrogens with one attached hydrogen (secondary N) is 1. The number of phosphoric acid groups is 1. The van der Waals surface area contributed by atoms with Crippen LogP contribution in [0.4, 0.5) is 0 Å². The quantitative estimate of drug-likeness (QED) is 0.0243. The fourth-order valence-corrected chi connectivity index (χ4v) is 7.95. The highest BCUT2D eigenvalue weighted by Gasteiger charge is 2.27. The normalized spacial score (nSPS) is 14.9. The summed E-state index contributed by atoms with van der Waals surface area (Å²) >= 11 is 0. The van der Waals surface area contributed by atoms with Gasteiger partial charge in [0, 0.05) is 6.42 Å². The van der Waals surface area contributed by atoms with Crippen LogP contribution in [0.15, 0.2) is 109 Å². The van der Waals surface area contributed by atoms with Crippen LogP contribution >= 0.6 is 7.82 Å². The highest BCUT2D eigenvalue weighted by atomic mass is 31.2. The van der Waals surface area contributed by atoms with Gasteiger partial charge in [0.15, 0.2) is 0 Å². The van der Waals surface area contributed by atoms with Gasteiger partial charge in [0.2, 0.25) is 5.91 Å². The van der Waals surface area contributed by atoms with Crippen LogP contribution in [0, 0.1) is 0 Å². The molecule has 0 aliphatic heterocycles. The van der Waals surface area contributed by atoms with Crippen LogP contribution < -0.4 is 5.32 Å². The van der Waals surface area contributed by atoms with Crippen LogP contribution in [0.3, 0.4) is 0 Å². The molecule has 0 bridgehead atoms. The first-order valence-electron chi connectivity index (χ1n) is 27.3. The minimum absolute atomic E-state index is 0.0479. The van der Waals surface area contributed by atoms with Crippen molar-refractivity contribution in [3.63, 3.8) is 0 Å². The van der Waals surface area contributed by atoms with Crippen molar-refractivity contribution in [2.24, 2.45) is 0 Å². The van der Waals surface area contributed by atoms with Crippen LogP contribution in [-0.4, -0.2) is 73.4 Å². The first-order valence-corrected chi connectivity index (χ1v) is 28.8. The van der Waals surface area contributed by atoms with Gasteiger partial charge in [-0.25, -0.2) is 4.57 Å². The van der Waals surface area contributed by atoms with Crippen LogP contribution in [0.25, 0.3) is 0 Å². The number of nitrogens with zero attached hydrogens (tertiary/aromatic N) is 1. The number of carbonyl (C=O) groups excluding carboxylic acids is 1. The number of aliphatic hydroxyl groups is 1. The topological polar surface area (TPSA) is 105 Å². The van der Waals surface area contributed by atoms with Gasteiger partial charge in [-0.2, -0.15) is 0 Å². The molecule has 8 nitrogen and oxygen atoms in total. The number of rotatable bonds is 48. The summed E-state index contributed by atoms with van der Waals surface area (Å²) in [5.74, 6) is -0.203. The Labute approximate surface area is 419 Å². The SMILES string of the molecule is CC/C=C\C/C=C\C/C=C\C/C=C\C/C=C\C/C=C\C/C=C\CCCCCCCCCC(=O)NC(COP(=O)(O)OCC[N+](C)(C)C)C(O)/C=C/CC/C=C/CCCCCCCCCCCCC. The van der Waals surface area contributed by atoms with E-state index in [0.717, 1.165) is 96.3 Å². The summed E-state index contributed by atoms with van der Waals surface area (Å²) in [5.41, 5.74) is 0. The van der Waals surface area contributed by atoms with Gasteiger partial charge in [0.1, 0.15) is 13.2 Å².